The predicted molar refractivity (Wildman–Crippen MR) is 157 cm³/mol. The summed E-state index contributed by atoms with van der Waals surface area (Å²) in [7, 11) is 0. The van der Waals surface area contributed by atoms with Gasteiger partial charge in [0.25, 0.3) is 0 Å². The number of phenols is 1. The largest absolute Gasteiger partial charge is 0.508 e. The molecule has 5 rings (SSSR count). The summed E-state index contributed by atoms with van der Waals surface area (Å²) in [4.78, 5) is 49.0. The number of benzene rings is 2. The lowest BCUT2D eigenvalue weighted by Crippen LogP contribution is -2.76. The monoisotopic (exact) mass is 585 g/mol. The van der Waals surface area contributed by atoms with E-state index in [1.165, 1.54) is 22.0 Å². The summed E-state index contributed by atoms with van der Waals surface area (Å²) in [5.41, 5.74) is 8.03. The van der Waals surface area contributed by atoms with Crippen molar-refractivity contribution in [3.8, 4) is 5.75 Å². The van der Waals surface area contributed by atoms with Crippen LogP contribution in [-0.2, 0) is 29.1 Å². The number of hydrazine groups is 1. The fourth-order valence-electron chi connectivity index (χ4n) is 5.50. The highest BCUT2D eigenvalue weighted by molar-refractivity contribution is 5.91. The molecule has 43 heavy (non-hydrogen) atoms. The maximum absolute atomic E-state index is 14.0. The Morgan fingerprint density at radius 2 is 1.81 bits per heavy atom. The van der Waals surface area contributed by atoms with Gasteiger partial charge in [-0.15, -0.1) is 6.58 Å². The molecule has 4 amide bonds. The third kappa shape index (κ3) is 6.67. The molecule has 3 atom stereocenters. The van der Waals surface area contributed by atoms with Crippen LogP contribution >= 0.6 is 0 Å². The van der Waals surface area contributed by atoms with Gasteiger partial charge in [-0.05, 0) is 35.4 Å². The summed E-state index contributed by atoms with van der Waals surface area (Å²) in [5, 5.41) is 25.7. The Morgan fingerprint density at radius 1 is 1.07 bits per heavy atom. The predicted octanol–water partition coefficient (Wildman–Crippen LogP) is 1.47. The van der Waals surface area contributed by atoms with E-state index in [1.807, 2.05) is 30.3 Å². The molecular weight excluding hydrogens is 550 g/mol. The van der Waals surface area contributed by atoms with Gasteiger partial charge in [-0.3, -0.25) is 14.6 Å². The van der Waals surface area contributed by atoms with E-state index in [-0.39, 0.29) is 62.4 Å². The van der Waals surface area contributed by atoms with E-state index < -0.39 is 24.5 Å². The number of nitrogens with zero attached hydrogens (tertiary/aromatic N) is 5. The summed E-state index contributed by atoms with van der Waals surface area (Å²) in [6, 6.07) is 19.6. The minimum Gasteiger partial charge on any atom is -0.508 e. The van der Waals surface area contributed by atoms with E-state index in [9.17, 15) is 24.6 Å². The number of hydrogen-bond acceptors (Lipinski definition) is 8. The summed E-state index contributed by atoms with van der Waals surface area (Å²) in [6.45, 7) is 4.31. The molecule has 1 unspecified atom stereocenters. The van der Waals surface area contributed by atoms with Crippen molar-refractivity contribution in [2.75, 3.05) is 19.6 Å². The number of hydrogen-bond donors (Lipinski definition) is 4. The number of piperazine rings is 1. The summed E-state index contributed by atoms with van der Waals surface area (Å²) < 4.78 is 0. The number of amides is 4. The van der Waals surface area contributed by atoms with Gasteiger partial charge in [0.2, 0.25) is 11.8 Å². The van der Waals surface area contributed by atoms with Gasteiger partial charge < -0.3 is 31.1 Å². The Kier molecular flexibility index (Phi) is 9.00. The van der Waals surface area contributed by atoms with Crippen molar-refractivity contribution in [3.05, 3.63) is 108 Å². The first-order valence-electron chi connectivity index (χ1n) is 14.0. The molecule has 2 aromatic carbocycles. The first-order valence-corrected chi connectivity index (χ1v) is 14.0. The Labute approximate surface area is 249 Å². The first-order chi connectivity index (χ1) is 20.7. The standard InChI is InChI=1S/C31H35N7O5/c1-2-15-36-20-28(40)37-26(16-21-11-13-24(39)14-12-21)30(42)35(18-23-9-6-10-25(34-23)29(32)41)19-27(37)38(36)31(43)33-17-22-7-4-3-5-8-22/h2-14,26-27,29,39,41H,1,15-20,32H2,(H,33,43)/t26-,27-,29?/m0/s1. The lowest BCUT2D eigenvalue weighted by Gasteiger charge is -2.55. The molecule has 0 bridgehead atoms. The molecule has 2 saturated heterocycles. The highest BCUT2D eigenvalue weighted by Crippen LogP contribution is 2.29. The molecule has 12 nitrogen and oxygen atoms in total. The van der Waals surface area contributed by atoms with Crippen LogP contribution in [0.5, 0.6) is 5.75 Å². The molecule has 2 aliphatic heterocycles. The topological polar surface area (TPSA) is 156 Å². The van der Waals surface area contributed by atoms with Gasteiger partial charge in [-0.25, -0.2) is 14.8 Å². The molecule has 0 aliphatic carbocycles. The van der Waals surface area contributed by atoms with E-state index in [0.29, 0.717) is 5.69 Å². The molecule has 1 aromatic heterocycles. The van der Waals surface area contributed by atoms with E-state index in [2.05, 4.69) is 16.9 Å². The molecule has 0 spiro atoms. The summed E-state index contributed by atoms with van der Waals surface area (Å²) >= 11 is 0. The third-order valence-electron chi connectivity index (χ3n) is 7.51. The number of aromatic hydroxyl groups is 1. The third-order valence-corrected chi connectivity index (χ3v) is 7.51. The van der Waals surface area contributed by atoms with Crippen LogP contribution in [-0.4, -0.2) is 84.7 Å². The Bertz CT molecular complexity index is 1470. The van der Waals surface area contributed by atoms with Crippen molar-refractivity contribution in [2.24, 2.45) is 5.73 Å². The normalized spacial score (nSPS) is 19.6. The van der Waals surface area contributed by atoms with E-state index in [4.69, 9.17) is 5.73 Å². The minimum absolute atomic E-state index is 0.0279. The number of carbonyl (C=O) groups is 3. The molecule has 5 N–H and O–H groups in total. The van der Waals surface area contributed by atoms with Crippen molar-refractivity contribution in [1.82, 2.24) is 30.1 Å². The number of pyridine rings is 1. The maximum Gasteiger partial charge on any atom is 0.334 e. The number of aromatic nitrogens is 1. The molecule has 3 aromatic rings. The summed E-state index contributed by atoms with van der Waals surface area (Å²) in [5.74, 6) is -0.510. The smallest absolute Gasteiger partial charge is 0.334 e. The Morgan fingerprint density at radius 3 is 2.51 bits per heavy atom. The number of phenolic OH excluding ortho intramolecular Hbond substituents is 1. The number of urea groups is 1. The Balaban J connectivity index is 1.50. The van der Waals surface area contributed by atoms with Crippen LogP contribution in [0.1, 0.15) is 28.7 Å². The minimum atomic E-state index is -1.28. The fraction of sp³-hybridized carbons (Fsp3) is 0.290. The molecule has 224 valence electrons. The van der Waals surface area contributed by atoms with Crippen LogP contribution in [0.15, 0.2) is 85.5 Å². The van der Waals surface area contributed by atoms with Crippen LogP contribution in [0, 0.1) is 0 Å². The van der Waals surface area contributed by atoms with Crippen LogP contribution in [0.3, 0.4) is 0 Å². The molecule has 2 aliphatic rings. The van der Waals surface area contributed by atoms with Crippen LogP contribution in [0.4, 0.5) is 4.79 Å². The number of nitrogens with one attached hydrogen (secondary N) is 1. The van der Waals surface area contributed by atoms with Crippen molar-refractivity contribution in [3.63, 3.8) is 0 Å². The zero-order valence-corrected chi connectivity index (χ0v) is 23.6. The quantitative estimate of drug-likeness (QED) is 0.217. The van der Waals surface area contributed by atoms with Gasteiger partial charge in [-0.2, -0.15) is 0 Å². The van der Waals surface area contributed by atoms with Gasteiger partial charge in [0.1, 0.15) is 24.2 Å². The van der Waals surface area contributed by atoms with E-state index in [0.717, 1.165) is 11.1 Å². The van der Waals surface area contributed by atoms with Crippen molar-refractivity contribution >= 4 is 17.8 Å². The number of carbonyl (C=O) groups excluding carboxylic acids is 3. The second-order valence-corrected chi connectivity index (χ2v) is 10.5. The van der Waals surface area contributed by atoms with Gasteiger partial charge in [0, 0.05) is 19.5 Å². The number of aliphatic hydroxyl groups excluding tert-OH is 1. The molecular formula is C31H35N7O5. The number of nitrogens with two attached hydrogens (primary N) is 1. The van der Waals surface area contributed by atoms with Gasteiger partial charge in [0.15, 0.2) is 0 Å². The first kappa shape index (κ1) is 29.7. The fourth-order valence-corrected chi connectivity index (χ4v) is 5.50. The zero-order chi connectivity index (χ0) is 30.5. The van der Waals surface area contributed by atoms with Crippen molar-refractivity contribution < 1.29 is 24.6 Å². The second-order valence-electron chi connectivity index (χ2n) is 10.5. The van der Waals surface area contributed by atoms with Gasteiger partial charge in [-0.1, -0.05) is 54.6 Å². The SMILES string of the molecule is C=CCN1CC(=O)N2[C@@H](Cc3ccc(O)cc3)C(=O)N(Cc3cccc(C(N)O)n3)C[C@@H]2N1C(=O)NCc1ccccc1. The van der Waals surface area contributed by atoms with E-state index in [1.54, 1.807) is 46.3 Å². The van der Waals surface area contributed by atoms with Gasteiger partial charge >= 0.3 is 6.03 Å². The van der Waals surface area contributed by atoms with Crippen LogP contribution in [0.2, 0.25) is 0 Å². The average molecular weight is 586 g/mol. The van der Waals surface area contributed by atoms with Crippen LogP contribution < -0.4 is 11.1 Å². The zero-order valence-electron chi connectivity index (χ0n) is 23.6. The highest BCUT2D eigenvalue weighted by atomic mass is 16.3. The van der Waals surface area contributed by atoms with Crippen molar-refractivity contribution in [1.29, 1.82) is 0 Å². The molecule has 0 radical (unpaired) electrons. The van der Waals surface area contributed by atoms with E-state index >= 15 is 0 Å². The average Bonchev–Trinajstić information content (AvgIpc) is 3.00. The molecule has 3 heterocycles. The maximum atomic E-state index is 14.0. The summed E-state index contributed by atoms with van der Waals surface area (Å²) in [6.07, 6.45) is -0.302. The van der Waals surface area contributed by atoms with Crippen LogP contribution in [0.25, 0.3) is 0 Å². The van der Waals surface area contributed by atoms with Crippen molar-refractivity contribution in [2.45, 2.75) is 37.9 Å². The number of fused-ring (bicyclic) bond motifs is 1. The van der Waals surface area contributed by atoms with Gasteiger partial charge in [0.05, 0.1) is 31.0 Å². The lowest BCUT2D eigenvalue weighted by atomic mass is 9.98. The molecule has 0 saturated carbocycles. The number of aliphatic hydroxyl groups is 1. The second kappa shape index (κ2) is 13.0. The number of rotatable bonds is 9. The highest BCUT2D eigenvalue weighted by Gasteiger charge is 2.51. The lowest BCUT2D eigenvalue weighted by molar-refractivity contribution is -0.189. The Hall–Kier alpha value is -4.78. The molecule has 12 heteroatoms. The molecule has 2 fully saturated rings.